The van der Waals surface area contributed by atoms with Gasteiger partial charge in [0.25, 0.3) is 0 Å². The van der Waals surface area contributed by atoms with Crippen molar-refractivity contribution in [3.8, 4) is 0 Å². The van der Waals surface area contributed by atoms with E-state index in [1.807, 2.05) is 28.0 Å². The maximum Gasteiger partial charge on any atom is 0.227 e. The van der Waals surface area contributed by atoms with Gasteiger partial charge >= 0.3 is 0 Å². The average Bonchev–Trinajstić information content (AvgIpc) is 3.00. The van der Waals surface area contributed by atoms with Crippen LogP contribution in [0.2, 0.25) is 5.02 Å². The molecular weight excluding hydrogens is 373 g/mol. The van der Waals surface area contributed by atoms with Gasteiger partial charge in [-0.3, -0.25) is 9.59 Å². The number of halogens is 2. The second-order valence-corrected chi connectivity index (χ2v) is 7.56. The highest BCUT2D eigenvalue weighted by molar-refractivity contribution is 6.30. The molecule has 1 aliphatic carbocycles. The predicted molar refractivity (Wildman–Crippen MR) is 105 cm³/mol. The van der Waals surface area contributed by atoms with Gasteiger partial charge in [-0.1, -0.05) is 30.2 Å². The van der Waals surface area contributed by atoms with Gasteiger partial charge in [-0.25, -0.2) is 0 Å². The molecule has 2 amide bonds. The predicted octanol–water partition coefficient (Wildman–Crippen LogP) is 2.49. The zero-order valence-electron chi connectivity index (χ0n) is 14.9. The Kier molecular flexibility index (Phi) is 7.74. The Bertz CT molecular complexity index is 633. The zero-order valence-corrected chi connectivity index (χ0v) is 16.5. The molecule has 0 aromatic heterocycles. The lowest BCUT2D eigenvalue weighted by atomic mass is 9.99. The van der Waals surface area contributed by atoms with Crippen LogP contribution in [0, 0.1) is 5.92 Å². The number of nitrogens with two attached hydrogens (primary N) is 1. The normalized spacial score (nSPS) is 22.8. The lowest BCUT2D eigenvalue weighted by Gasteiger charge is -2.35. The van der Waals surface area contributed by atoms with Gasteiger partial charge in [0, 0.05) is 43.7 Å². The maximum absolute atomic E-state index is 12.5. The summed E-state index contributed by atoms with van der Waals surface area (Å²) in [6, 6.07) is 7.56. The molecule has 144 valence electrons. The molecule has 26 heavy (non-hydrogen) atoms. The lowest BCUT2D eigenvalue weighted by Crippen LogP contribution is -2.51. The van der Waals surface area contributed by atoms with Crippen LogP contribution in [0.25, 0.3) is 0 Å². The quantitative estimate of drug-likeness (QED) is 0.845. The third kappa shape index (κ3) is 5.35. The summed E-state index contributed by atoms with van der Waals surface area (Å²) < 4.78 is 0. The molecule has 7 heteroatoms. The first-order valence-corrected chi connectivity index (χ1v) is 9.46. The molecule has 1 aliphatic heterocycles. The number of piperazine rings is 1. The number of benzene rings is 1. The first kappa shape index (κ1) is 21.0. The minimum absolute atomic E-state index is 0. The molecule has 0 bridgehead atoms. The second kappa shape index (κ2) is 9.58. The summed E-state index contributed by atoms with van der Waals surface area (Å²) in [4.78, 5) is 28.6. The van der Waals surface area contributed by atoms with E-state index in [4.69, 9.17) is 17.3 Å². The highest BCUT2D eigenvalue weighted by Crippen LogP contribution is 2.27. The third-order valence-electron chi connectivity index (χ3n) is 5.38. The van der Waals surface area contributed by atoms with E-state index >= 15 is 0 Å². The summed E-state index contributed by atoms with van der Waals surface area (Å²) in [6.07, 6.45) is 4.13. The molecule has 2 aliphatic rings. The summed E-state index contributed by atoms with van der Waals surface area (Å²) in [6.45, 7) is 2.42. The van der Waals surface area contributed by atoms with Gasteiger partial charge in [0.2, 0.25) is 11.8 Å². The van der Waals surface area contributed by atoms with Crippen molar-refractivity contribution in [3.63, 3.8) is 0 Å². The molecule has 1 saturated carbocycles. The van der Waals surface area contributed by atoms with Crippen molar-refractivity contribution in [1.29, 1.82) is 0 Å². The fourth-order valence-corrected chi connectivity index (χ4v) is 4.02. The van der Waals surface area contributed by atoms with Crippen LogP contribution in [0.4, 0.5) is 0 Å². The number of hydrogen-bond donors (Lipinski definition) is 1. The van der Waals surface area contributed by atoms with Gasteiger partial charge in [0.15, 0.2) is 0 Å². The van der Waals surface area contributed by atoms with E-state index in [-0.39, 0.29) is 30.3 Å². The summed E-state index contributed by atoms with van der Waals surface area (Å²) in [5.74, 6) is 0.603. The Morgan fingerprint density at radius 1 is 1.08 bits per heavy atom. The molecule has 2 atom stereocenters. The largest absolute Gasteiger partial charge is 0.339 e. The zero-order chi connectivity index (χ0) is 17.8. The number of hydrogen-bond acceptors (Lipinski definition) is 3. The van der Waals surface area contributed by atoms with Gasteiger partial charge in [-0.2, -0.15) is 0 Å². The van der Waals surface area contributed by atoms with E-state index in [0.717, 1.165) is 24.8 Å². The summed E-state index contributed by atoms with van der Waals surface area (Å²) in [5, 5.41) is 0.644. The molecule has 0 unspecified atom stereocenters. The highest BCUT2D eigenvalue weighted by Gasteiger charge is 2.30. The molecule has 0 spiro atoms. The van der Waals surface area contributed by atoms with Crippen LogP contribution in [0.1, 0.15) is 31.2 Å². The minimum Gasteiger partial charge on any atom is -0.339 e. The number of carbonyl (C=O) groups excluding carboxylic acids is 2. The van der Waals surface area contributed by atoms with E-state index in [0.29, 0.717) is 50.0 Å². The van der Waals surface area contributed by atoms with Crippen molar-refractivity contribution in [2.24, 2.45) is 11.7 Å². The fourth-order valence-electron chi connectivity index (χ4n) is 3.81. The summed E-state index contributed by atoms with van der Waals surface area (Å²) in [7, 11) is 0. The van der Waals surface area contributed by atoms with Crippen LogP contribution in [0.15, 0.2) is 24.3 Å². The molecule has 1 heterocycles. The number of amides is 2. The van der Waals surface area contributed by atoms with Crippen LogP contribution in [-0.2, 0) is 16.0 Å². The van der Waals surface area contributed by atoms with Gasteiger partial charge < -0.3 is 15.5 Å². The Labute approximate surface area is 166 Å². The Balaban J connectivity index is 0.00000243. The van der Waals surface area contributed by atoms with Gasteiger partial charge in [0.1, 0.15) is 0 Å². The first-order valence-electron chi connectivity index (χ1n) is 9.08. The molecule has 2 fully saturated rings. The van der Waals surface area contributed by atoms with Crippen LogP contribution < -0.4 is 5.73 Å². The van der Waals surface area contributed by atoms with Crippen LogP contribution in [-0.4, -0.2) is 53.8 Å². The van der Waals surface area contributed by atoms with E-state index in [1.165, 1.54) is 0 Å². The van der Waals surface area contributed by atoms with Gasteiger partial charge in [-0.15, -0.1) is 12.4 Å². The number of nitrogens with zero attached hydrogens (tertiary/aromatic N) is 2. The molecule has 1 saturated heterocycles. The van der Waals surface area contributed by atoms with E-state index in [2.05, 4.69) is 0 Å². The Hall–Kier alpha value is -1.30. The molecule has 5 nitrogen and oxygen atoms in total. The second-order valence-electron chi connectivity index (χ2n) is 7.13. The first-order chi connectivity index (χ1) is 12.0. The summed E-state index contributed by atoms with van der Waals surface area (Å²) >= 11 is 5.97. The van der Waals surface area contributed by atoms with Crippen molar-refractivity contribution in [2.45, 2.75) is 38.1 Å². The van der Waals surface area contributed by atoms with Crippen LogP contribution >= 0.6 is 24.0 Å². The summed E-state index contributed by atoms with van der Waals surface area (Å²) in [5.41, 5.74) is 6.99. The van der Waals surface area contributed by atoms with E-state index < -0.39 is 0 Å². The number of rotatable bonds is 4. The Morgan fingerprint density at radius 3 is 2.31 bits per heavy atom. The third-order valence-corrected chi connectivity index (χ3v) is 5.62. The van der Waals surface area contributed by atoms with Crippen LogP contribution in [0.3, 0.4) is 0 Å². The lowest BCUT2D eigenvalue weighted by molar-refractivity contribution is -0.139. The fraction of sp³-hybridized carbons (Fsp3) is 0.579. The maximum atomic E-state index is 12.5. The van der Waals surface area contributed by atoms with Crippen LogP contribution in [0.5, 0.6) is 0 Å². The molecule has 1 aromatic rings. The molecule has 0 radical (unpaired) electrons. The molecule has 2 N–H and O–H groups in total. The van der Waals surface area contributed by atoms with Gasteiger partial charge in [0.05, 0.1) is 6.42 Å². The van der Waals surface area contributed by atoms with Crippen molar-refractivity contribution in [1.82, 2.24) is 9.80 Å². The average molecular weight is 400 g/mol. The molecule has 3 rings (SSSR count). The van der Waals surface area contributed by atoms with Crippen molar-refractivity contribution in [2.75, 3.05) is 26.2 Å². The SMILES string of the molecule is Cl.N[C@@H]1CCC[C@H]1CC(=O)N1CCN(C(=O)Cc2cccc(Cl)c2)CC1. The van der Waals surface area contributed by atoms with E-state index in [1.54, 1.807) is 6.07 Å². The van der Waals surface area contributed by atoms with E-state index in [9.17, 15) is 9.59 Å². The van der Waals surface area contributed by atoms with Crippen molar-refractivity contribution >= 4 is 35.8 Å². The van der Waals surface area contributed by atoms with Crippen molar-refractivity contribution in [3.05, 3.63) is 34.9 Å². The van der Waals surface area contributed by atoms with Crippen molar-refractivity contribution < 1.29 is 9.59 Å². The topological polar surface area (TPSA) is 66.6 Å². The minimum atomic E-state index is 0. The monoisotopic (exact) mass is 399 g/mol. The molecule has 1 aromatic carbocycles. The van der Waals surface area contributed by atoms with Gasteiger partial charge in [-0.05, 0) is 36.5 Å². The highest BCUT2D eigenvalue weighted by atomic mass is 35.5. The Morgan fingerprint density at radius 2 is 1.73 bits per heavy atom. The molecular formula is C19H27Cl2N3O2. The smallest absolute Gasteiger partial charge is 0.227 e. The standard InChI is InChI=1S/C19H26ClN3O2.ClH/c20-16-5-1-3-14(11-16)12-18(24)22-7-9-23(10-8-22)19(25)13-15-4-2-6-17(15)21;/h1,3,5,11,15,17H,2,4,6-10,12-13,21H2;1H/t15-,17+;/m0./s1. The number of carbonyl (C=O) groups is 2.